The zero-order valence-electron chi connectivity index (χ0n) is 12.7. The fraction of sp³-hybridized carbons (Fsp3) is 0.556. The van der Waals surface area contributed by atoms with Crippen LogP contribution in [-0.4, -0.2) is 30.2 Å². The molecule has 1 aromatic carbocycles. The molecule has 0 aliphatic heterocycles. The van der Waals surface area contributed by atoms with Crippen molar-refractivity contribution in [3.63, 3.8) is 0 Å². The highest BCUT2D eigenvalue weighted by molar-refractivity contribution is 6.01. The Bertz CT molecular complexity index is 548. The number of benzene rings is 1. The number of ketones is 1. The van der Waals surface area contributed by atoms with E-state index in [2.05, 4.69) is 0 Å². The molecule has 1 atom stereocenters. The Morgan fingerprint density at radius 2 is 2.00 bits per heavy atom. The second kappa shape index (κ2) is 6.00. The lowest BCUT2D eigenvalue weighted by Gasteiger charge is -2.31. The lowest BCUT2D eigenvalue weighted by Crippen LogP contribution is -2.36. The molecule has 0 spiro atoms. The maximum absolute atomic E-state index is 12.5. The quantitative estimate of drug-likeness (QED) is 0.852. The molecule has 1 fully saturated rings. The van der Waals surface area contributed by atoms with E-state index in [1.165, 1.54) is 19.3 Å². The van der Waals surface area contributed by atoms with Crippen LogP contribution in [0.25, 0.3) is 0 Å². The van der Waals surface area contributed by atoms with Crippen molar-refractivity contribution in [3.05, 3.63) is 35.4 Å². The molecule has 1 aromatic rings. The maximum Gasteiger partial charge on any atom is 0.223 e. The largest absolute Gasteiger partial charge is 0.345 e. The lowest BCUT2D eigenvalue weighted by atomic mass is 9.80. The van der Waals surface area contributed by atoms with Gasteiger partial charge >= 0.3 is 0 Å². The monoisotopic (exact) mass is 285 g/mol. The molecule has 3 nitrogen and oxygen atoms in total. The van der Waals surface area contributed by atoms with Crippen LogP contribution in [0.3, 0.4) is 0 Å². The number of amides is 1. The van der Waals surface area contributed by atoms with Gasteiger partial charge in [-0.2, -0.15) is 0 Å². The number of nitrogens with zero attached hydrogens (tertiary/aromatic N) is 1. The van der Waals surface area contributed by atoms with Crippen LogP contribution in [0.1, 0.15) is 48.0 Å². The second-order valence-corrected chi connectivity index (χ2v) is 6.53. The van der Waals surface area contributed by atoms with Crippen LogP contribution in [0.15, 0.2) is 24.3 Å². The molecule has 3 heteroatoms. The molecule has 0 N–H and O–H groups in total. The highest BCUT2D eigenvalue weighted by atomic mass is 16.2. The first kappa shape index (κ1) is 14.3. The van der Waals surface area contributed by atoms with Crippen LogP contribution >= 0.6 is 0 Å². The maximum atomic E-state index is 12.5. The number of aryl methyl sites for hydroxylation is 1. The van der Waals surface area contributed by atoms with Gasteiger partial charge in [0, 0.05) is 31.5 Å². The molecule has 2 aliphatic carbocycles. The van der Waals surface area contributed by atoms with Crippen molar-refractivity contribution in [2.45, 2.75) is 38.5 Å². The van der Waals surface area contributed by atoms with Crippen molar-refractivity contribution in [3.8, 4) is 0 Å². The fourth-order valence-electron chi connectivity index (χ4n) is 3.39. The summed E-state index contributed by atoms with van der Waals surface area (Å²) in [5.74, 6) is 0.833. The molecular formula is C18H23NO2. The minimum Gasteiger partial charge on any atom is -0.345 e. The van der Waals surface area contributed by atoms with E-state index in [-0.39, 0.29) is 17.6 Å². The number of Topliss-reactive ketones (excluding diaryl/α,β-unsaturated/α-hetero) is 1. The number of hydrogen-bond acceptors (Lipinski definition) is 2. The predicted molar refractivity (Wildman–Crippen MR) is 82.2 cm³/mol. The van der Waals surface area contributed by atoms with Crippen molar-refractivity contribution in [2.24, 2.45) is 11.8 Å². The van der Waals surface area contributed by atoms with Crippen molar-refractivity contribution in [1.29, 1.82) is 0 Å². The summed E-state index contributed by atoms with van der Waals surface area (Å²) in [6.45, 7) is 0.857. The molecule has 3 rings (SSSR count). The van der Waals surface area contributed by atoms with Crippen molar-refractivity contribution in [2.75, 3.05) is 13.6 Å². The molecule has 0 radical (unpaired) electrons. The number of rotatable bonds is 4. The third kappa shape index (κ3) is 3.02. The molecule has 0 aromatic heterocycles. The van der Waals surface area contributed by atoms with Gasteiger partial charge in [0.05, 0.1) is 0 Å². The molecule has 1 unspecified atom stereocenters. The summed E-state index contributed by atoms with van der Waals surface area (Å²) in [5, 5.41) is 0. The average Bonchev–Trinajstić information content (AvgIpc) is 2.45. The second-order valence-electron chi connectivity index (χ2n) is 6.53. The fourth-order valence-corrected chi connectivity index (χ4v) is 3.39. The van der Waals surface area contributed by atoms with Gasteiger partial charge in [-0.25, -0.2) is 0 Å². The number of carbonyl (C=O) groups excluding carboxylic acids is 2. The van der Waals surface area contributed by atoms with Gasteiger partial charge in [-0.05, 0) is 37.2 Å². The third-order valence-corrected chi connectivity index (χ3v) is 5.02. The summed E-state index contributed by atoms with van der Waals surface area (Å²) in [4.78, 5) is 26.6. The van der Waals surface area contributed by atoms with E-state index in [1.807, 2.05) is 36.2 Å². The van der Waals surface area contributed by atoms with E-state index in [0.29, 0.717) is 12.3 Å². The standard InChI is InChI=1S/C18H23NO2/c1-19(12-13-5-4-6-13)17(20)11-15-10-9-14-7-2-3-8-16(14)18(15)21/h2-3,7-8,13,15H,4-6,9-12H2,1H3. The molecular weight excluding hydrogens is 262 g/mol. The van der Waals surface area contributed by atoms with E-state index in [9.17, 15) is 9.59 Å². The van der Waals surface area contributed by atoms with Gasteiger partial charge < -0.3 is 4.90 Å². The Kier molecular flexibility index (Phi) is 4.09. The number of fused-ring (bicyclic) bond motifs is 1. The first-order valence-corrected chi connectivity index (χ1v) is 8.01. The van der Waals surface area contributed by atoms with Crippen LogP contribution in [0.5, 0.6) is 0 Å². The molecule has 1 amide bonds. The molecule has 0 saturated heterocycles. The lowest BCUT2D eigenvalue weighted by molar-refractivity contribution is -0.131. The minimum absolute atomic E-state index is 0.125. The van der Waals surface area contributed by atoms with Crippen molar-refractivity contribution in [1.82, 2.24) is 4.90 Å². The van der Waals surface area contributed by atoms with Gasteiger partial charge in [0.2, 0.25) is 5.91 Å². The van der Waals surface area contributed by atoms with Crippen molar-refractivity contribution < 1.29 is 9.59 Å². The molecule has 21 heavy (non-hydrogen) atoms. The number of carbonyl (C=O) groups is 2. The first-order chi connectivity index (χ1) is 10.1. The number of hydrogen-bond donors (Lipinski definition) is 0. The normalized spacial score (nSPS) is 21.6. The molecule has 112 valence electrons. The topological polar surface area (TPSA) is 37.4 Å². The Balaban J connectivity index is 1.60. The Hall–Kier alpha value is -1.64. The van der Waals surface area contributed by atoms with Gasteiger partial charge in [-0.15, -0.1) is 0 Å². The SMILES string of the molecule is CN(CC1CCC1)C(=O)CC1CCc2ccccc2C1=O. The van der Waals surface area contributed by atoms with Crippen molar-refractivity contribution >= 4 is 11.7 Å². The third-order valence-electron chi connectivity index (χ3n) is 5.02. The minimum atomic E-state index is -0.128. The van der Waals surface area contributed by atoms with Gasteiger partial charge in [-0.3, -0.25) is 9.59 Å². The van der Waals surface area contributed by atoms with Gasteiger partial charge in [0.25, 0.3) is 0 Å². The van der Waals surface area contributed by atoms with E-state index in [0.717, 1.165) is 30.5 Å². The van der Waals surface area contributed by atoms with E-state index in [4.69, 9.17) is 0 Å². The summed E-state index contributed by atoms with van der Waals surface area (Å²) in [7, 11) is 1.88. The molecule has 0 heterocycles. The van der Waals surface area contributed by atoms with Gasteiger partial charge in [0.15, 0.2) is 5.78 Å². The van der Waals surface area contributed by atoms with Crippen LogP contribution in [-0.2, 0) is 11.2 Å². The Morgan fingerprint density at radius 1 is 1.24 bits per heavy atom. The summed E-state index contributed by atoms with van der Waals surface area (Å²) in [6.07, 6.45) is 5.87. The van der Waals surface area contributed by atoms with Crippen LogP contribution in [0.2, 0.25) is 0 Å². The zero-order valence-corrected chi connectivity index (χ0v) is 12.7. The van der Waals surface area contributed by atoms with Crippen LogP contribution < -0.4 is 0 Å². The first-order valence-electron chi connectivity index (χ1n) is 8.01. The summed E-state index contributed by atoms with van der Waals surface area (Å²) in [6, 6.07) is 7.80. The van der Waals surface area contributed by atoms with Crippen LogP contribution in [0.4, 0.5) is 0 Å². The van der Waals surface area contributed by atoms with Crippen LogP contribution in [0, 0.1) is 11.8 Å². The molecule has 1 saturated carbocycles. The predicted octanol–water partition coefficient (Wildman–Crippen LogP) is 3.08. The highest BCUT2D eigenvalue weighted by Gasteiger charge is 2.30. The Morgan fingerprint density at radius 3 is 2.71 bits per heavy atom. The average molecular weight is 285 g/mol. The van der Waals surface area contributed by atoms with E-state index >= 15 is 0 Å². The van der Waals surface area contributed by atoms with Gasteiger partial charge in [0.1, 0.15) is 0 Å². The summed E-state index contributed by atoms with van der Waals surface area (Å²) in [5.41, 5.74) is 1.96. The van der Waals surface area contributed by atoms with E-state index < -0.39 is 0 Å². The zero-order chi connectivity index (χ0) is 14.8. The summed E-state index contributed by atoms with van der Waals surface area (Å²) >= 11 is 0. The molecule has 2 aliphatic rings. The molecule has 0 bridgehead atoms. The van der Waals surface area contributed by atoms with Gasteiger partial charge in [-0.1, -0.05) is 30.7 Å². The Labute approximate surface area is 126 Å². The summed E-state index contributed by atoms with van der Waals surface area (Å²) < 4.78 is 0. The smallest absolute Gasteiger partial charge is 0.223 e. The highest BCUT2D eigenvalue weighted by Crippen LogP contribution is 2.29. The van der Waals surface area contributed by atoms with E-state index in [1.54, 1.807) is 0 Å².